The average Bonchev–Trinajstić information content (AvgIpc) is 1.85. The number of unbranched alkanes of at least 4 members (excludes halogenated alkanes) is 1. The lowest BCUT2D eigenvalue weighted by Crippen LogP contribution is -2.22. The van der Waals surface area contributed by atoms with Crippen molar-refractivity contribution >= 4 is 11.8 Å². The highest BCUT2D eigenvalue weighted by Gasteiger charge is 1.98. The Kier molecular flexibility index (Phi) is 6.65. The third-order valence-electron chi connectivity index (χ3n) is 1.31. The molecule has 0 spiro atoms. The van der Waals surface area contributed by atoms with Crippen molar-refractivity contribution in [3.63, 3.8) is 0 Å². The molecule has 56 valence electrons. The molecule has 0 aromatic carbocycles. The van der Waals surface area contributed by atoms with Gasteiger partial charge in [-0.1, -0.05) is 19.8 Å². The van der Waals surface area contributed by atoms with Crippen LogP contribution in [0.25, 0.3) is 0 Å². The summed E-state index contributed by atoms with van der Waals surface area (Å²) < 4.78 is 0. The van der Waals surface area contributed by atoms with Gasteiger partial charge in [0, 0.05) is 11.8 Å². The van der Waals surface area contributed by atoms with E-state index in [1.807, 2.05) is 11.8 Å². The normalized spacial score (nSPS) is 13.7. The maximum atomic E-state index is 5.75. The molecule has 0 bridgehead atoms. The molecule has 0 aliphatic heterocycles. The molecular formula is C7H17NS. The number of thioether (sulfide) groups is 1. The molecule has 1 unspecified atom stereocenters. The van der Waals surface area contributed by atoms with Gasteiger partial charge in [0.1, 0.15) is 0 Å². The van der Waals surface area contributed by atoms with E-state index in [9.17, 15) is 0 Å². The Hall–Kier alpha value is 0.310. The highest BCUT2D eigenvalue weighted by molar-refractivity contribution is 7.98. The summed E-state index contributed by atoms with van der Waals surface area (Å²) in [5, 5.41) is 0. The van der Waals surface area contributed by atoms with E-state index in [4.69, 9.17) is 5.73 Å². The van der Waals surface area contributed by atoms with Crippen molar-refractivity contribution in [2.24, 2.45) is 5.73 Å². The summed E-state index contributed by atoms with van der Waals surface area (Å²) in [6, 6.07) is 0.431. The fraction of sp³-hybridized carbons (Fsp3) is 1.00. The average molecular weight is 147 g/mol. The van der Waals surface area contributed by atoms with E-state index in [1.165, 1.54) is 19.3 Å². The summed E-state index contributed by atoms with van der Waals surface area (Å²) in [5.41, 5.74) is 5.75. The van der Waals surface area contributed by atoms with Crippen LogP contribution in [0.15, 0.2) is 0 Å². The molecule has 0 radical (unpaired) electrons. The van der Waals surface area contributed by atoms with E-state index in [-0.39, 0.29) is 0 Å². The number of hydrogen-bond donors (Lipinski definition) is 1. The van der Waals surface area contributed by atoms with Crippen molar-refractivity contribution in [3.8, 4) is 0 Å². The van der Waals surface area contributed by atoms with Crippen molar-refractivity contribution in [1.29, 1.82) is 0 Å². The molecule has 0 aliphatic rings. The topological polar surface area (TPSA) is 26.0 Å². The molecule has 2 N–H and O–H groups in total. The van der Waals surface area contributed by atoms with E-state index < -0.39 is 0 Å². The maximum Gasteiger partial charge on any atom is 0.0130 e. The van der Waals surface area contributed by atoms with Crippen LogP contribution in [0.3, 0.4) is 0 Å². The van der Waals surface area contributed by atoms with Gasteiger partial charge in [-0.25, -0.2) is 0 Å². The first-order chi connectivity index (χ1) is 4.31. The lowest BCUT2D eigenvalue weighted by Gasteiger charge is -2.07. The van der Waals surface area contributed by atoms with Gasteiger partial charge in [0.2, 0.25) is 0 Å². The third kappa shape index (κ3) is 6.19. The Bertz CT molecular complexity index is 56.9. The van der Waals surface area contributed by atoms with Crippen molar-refractivity contribution in [1.82, 2.24) is 0 Å². The standard InChI is InChI=1S/C7H17NS/c1-3-4-5-7(8)6-9-2/h7H,3-6,8H2,1-2H3. The van der Waals surface area contributed by atoms with Crippen LogP contribution in [0.1, 0.15) is 26.2 Å². The Morgan fingerprint density at radius 3 is 2.67 bits per heavy atom. The first-order valence-electron chi connectivity index (χ1n) is 3.55. The molecule has 0 aliphatic carbocycles. The van der Waals surface area contributed by atoms with E-state index in [0.717, 1.165) is 5.75 Å². The molecule has 0 aromatic rings. The highest BCUT2D eigenvalue weighted by Crippen LogP contribution is 2.02. The van der Waals surface area contributed by atoms with Gasteiger partial charge in [-0.2, -0.15) is 11.8 Å². The molecule has 0 saturated carbocycles. The summed E-state index contributed by atoms with van der Waals surface area (Å²) in [4.78, 5) is 0. The van der Waals surface area contributed by atoms with Gasteiger partial charge in [0.05, 0.1) is 0 Å². The van der Waals surface area contributed by atoms with Crippen molar-refractivity contribution in [3.05, 3.63) is 0 Å². The summed E-state index contributed by atoms with van der Waals surface area (Å²) in [5.74, 6) is 1.11. The van der Waals surface area contributed by atoms with Crippen LogP contribution in [0.5, 0.6) is 0 Å². The van der Waals surface area contributed by atoms with Gasteiger partial charge >= 0.3 is 0 Å². The summed E-state index contributed by atoms with van der Waals surface area (Å²) in [6.45, 7) is 2.20. The molecule has 1 atom stereocenters. The van der Waals surface area contributed by atoms with Crippen LogP contribution < -0.4 is 5.73 Å². The molecule has 0 aromatic heterocycles. The van der Waals surface area contributed by atoms with Gasteiger partial charge in [-0.3, -0.25) is 0 Å². The van der Waals surface area contributed by atoms with Crippen molar-refractivity contribution in [2.45, 2.75) is 32.2 Å². The van der Waals surface area contributed by atoms with E-state index in [2.05, 4.69) is 13.2 Å². The van der Waals surface area contributed by atoms with E-state index in [1.54, 1.807) is 0 Å². The SMILES string of the molecule is CCCCC(N)CSC. The molecule has 0 fully saturated rings. The quantitative estimate of drug-likeness (QED) is 0.642. The second-order valence-electron chi connectivity index (χ2n) is 2.36. The van der Waals surface area contributed by atoms with E-state index in [0.29, 0.717) is 6.04 Å². The molecule has 0 heterocycles. The molecule has 0 rings (SSSR count). The Morgan fingerprint density at radius 2 is 2.22 bits per heavy atom. The number of hydrogen-bond acceptors (Lipinski definition) is 2. The van der Waals surface area contributed by atoms with Crippen LogP contribution in [-0.2, 0) is 0 Å². The number of nitrogens with two attached hydrogens (primary N) is 1. The fourth-order valence-corrected chi connectivity index (χ4v) is 1.36. The molecule has 2 heteroatoms. The number of rotatable bonds is 5. The van der Waals surface area contributed by atoms with Gasteiger partial charge in [0.25, 0.3) is 0 Å². The lowest BCUT2D eigenvalue weighted by molar-refractivity contribution is 0.622. The van der Waals surface area contributed by atoms with Gasteiger partial charge < -0.3 is 5.73 Å². The molecule has 1 nitrogen and oxygen atoms in total. The van der Waals surface area contributed by atoms with Crippen LogP contribution in [0, 0.1) is 0 Å². The molecule has 0 amide bonds. The largest absolute Gasteiger partial charge is 0.327 e. The highest BCUT2D eigenvalue weighted by atomic mass is 32.2. The zero-order chi connectivity index (χ0) is 7.11. The minimum atomic E-state index is 0.431. The van der Waals surface area contributed by atoms with Gasteiger partial charge in [-0.05, 0) is 12.7 Å². The van der Waals surface area contributed by atoms with Crippen molar-refractivity contribution < 1.29 is 0 Å². The lowest BCUT2D eigenvalue weighted by atomic mass is 10.2. The van der Waals surface area contributed by atoms with Crippen LogP contribution >= 0.6 is 11.8 Å². The first kappa shape index (κ1) is 9.31. The Morgan fingerprint density at radius 1 is 1.56 bits per heavy atom. The zero-order valence-corrected chi connectivity index (χ0v) is 7.21. The first-order valence-corrected chi connectivity index (χ1v) is 4.95. The summed E-state index contributed by atoms with van der Waals surface area (Å²) in [7, 11) is 0. The summed E-state index contributed by atoms with van der Waals surface area (Å²) >= 11 is 1.84. The second kappa shape index (κ2) is 6.43. The smallest absolute Gasteiger partial charge is 0.0130 e. The van der Waals surface area contributed by atoms with Crippen LogP contribution in [0.2, 0.25) is 0 Å². The third-order valence-corrected chi connectivity index (χ3v) is 2.07. The minimum absolute atomic E-state index is 0.431. The monoisotopic (exact) mass is 147 g/mol. The molecule has 9 heavy (non-hydrogen) atoms. The zero-order valence-electron chi connectivity index (χ0n) is 6.39. The van der Waals surface area contributed by atoms with Crippen molar-refractivity contribution in [2.75, 3.05) is 12.0 Å². The second-order valence-corrected chi connectivity index (χ2v) is 3.27. The van der Waals surface area contributed by atoms with Gasteiger partial charge in [0.15, 0.2) is 0 Å². The molecule has 0 saturated heterocycles. The predicted molar refractivity (Wildman–Crippen MR) is 45.9 cm³/mol. The Labute approximate surface area is 62.4 Å². The van der Waals surface area contributed by atoms with Crippen LogP contribution in [0.4, 0.5) is 0 Å². The molecular weight excluding hydrogens is 130 g/mol. The summed E-state index contributed by atoms with van der Waals surface area (Å²) in [6.07, 6.45) is 5.84. The predicted octanol–water partition coefficient (Wildman–Crippen LogP) is 1.87. The minimum Gasteiger partial charge on any atom is -0.327 e. The van der Waals surface area contributed by atoms with Gasteiger partial charge in [-0.15, -0.1) is 0 Å². The Balaban J connectivity index is 2.95. The van der Waals surface area contributed by atoms with Crippen LogP contribution in [-0.4, -0.2) is 18.1 Å². The maximum absolute atomic E-state index is 5.75. The fourth-order valence-electron chi connectivity index (χ4n) is 0.764. The van der Waals surface area contributed by atoms with E-state index >= 15 is 0 Å².